The molecule has 3 aromatic heterocycles. The highest BCUT2D eigenvalue weighted by Gasteiger charge is 2.24. The molecule has 0 bridgehead atoms. The third-order valence-electron chi connectivity index (χ3n) is 4.84. The summed E-state index contributed by atoms with van der Waals surface area (Å²) >= 11 is 1.81. The van der Waals surface area contributed by atoms with Gasteiger partial charge in [0.25, 0.3) is 0 Å². The summed E-state index contributed by atoms with van der Waals surface area (Å²) in [5, 5.41) is 16.0. The number of aromatic amines is 1. The number of rotatable bonds is 7. The number of guanidine groups is 1. The Kier molecular flexibility index (Phi) is 8.07. The van der Waals surface area contributed by atoms with Crippen molar-refractivity contribution >= 4 is 41.3 Å². The first kappa shape index (κ1) is 21.8. The summed E-state index contributed by atoms with van der Waals surface area (Å²) in [5.74, 6) is 2.67. The van der Waals surface area contributed by atoms with Crippen molar-refractivity contribution < 1.29 is 4.42 Å². The molecule has 29 heavy (non-hydrogen) atoms. The van der Waals surface area contributed by atoms with Gasteiger partial charge in [0.15, 0.2) is 11.7 Å². The number of hydrogen-bond acceptors (Lipinski definition) is 6. The molecular weight excluding hydrogens is 501 g/mol. The molecule has 156 valence electrons. The van der Waals surface area contributed by atoms with E-state index in [0.29, 0.717) is 24.2 Å². The lowest BCUT2D eigenvalue weighted by Crippen LogP contribution is -2.42. The fourth-order valence-corrected chi connectivity index (χ4v) is 4.28. The van der Waals surface area contributed by atoms with Gasteiger partial charge in [0.1, 0.15) is 5.82 Å². The van der Waals surface area contributed by atoms with Crippen LogP contribution in [0.15, 0.2) is 45.3 Å². The van der Waals surface area contributed by atoms with E-state index < -0.39 is 0 Å². The third-order valence-corrected chi connectivity index (χ3v) is 5.81. The van der Waals surface area contributed by atoms with Crippen LogP contribution >= 0.6 is 35.3 Å². The zero-order chi connectivity index (χ0) is 19.2. The van der Waals surface area contributed by atoms with Gasteiger partial charge in [0, 0.05) is 18.5 Å². The lowest BCUT2D eigenvalue weighted by molar-refractivity contribution is 0.249. The molecule has 1 atom stereocenters. The number of thiophene rings is 1. The van der Waals surface area contributed by atoms with Crippen LogP contribution in [0.1, 0.15) is 29.6 Å². The Morgan fingerprint density at radius 2 is 2.17 bits per heavy atom. The maximum Gasteiger partial charge on any atom is 0.216 e. The van der Waals surface area contributed by atoms with Crippen molar-refractivity contribution in [3.8, 4) is 11.6 Å². The van der Waals surface area contributed by atoms with E-state index in [1.807, 2.05) is 23.5 Å². The maximum absolute atomic E-state index is 5.32. The molecule has 0 saturated carbocycles. The Morgan fingerprint density at radius 1 is 1.31 bits per heavy atom. The van der Waals surface area contributed by atoms with Crippen LogP contribution in [0.3, 0.4) is 0 Å². The van der Waals surface area contributed by atoms with E-state index in [1.54, 1.807) is 13.3 Å². The maximum atomic E-state index is 5.32. The second-order valence-electron chi connectivity index (χ2n) is 6.66. The van der Waals surface area contributed by atoms with Gasteiger partial charge in [0.05, 0.1) is 18.8 Å². The molecule has 10 heteroatoms. The molecule has 1 aliphatic rings. The molecule has 1 fully saturated rings. The van der Waals surface area contributed by atoms with E-state index in [0.717, 1.165) is 31.4 Å². The normalized spacial score (nSPS) is 15.8. The second kappa shape index (κ2) is 10.7. The van der Waals surface area contributed by atoms with Crippen LogP contribution in [0.2, 0.25) is 0 Å². The van der Waals surface area contributed by atoms with Gasteiger partial charge in [0.2, 0.25) is 5.82 Å². The lowest BCUT2D eigenvalue weighted by Gasteiger charge is -2.27. The van der Waals surface area contributed by atoms with Crippen LogP contribution in [0.4, 0.5) is 0 Å². The largest absolute Gasteiger partial charge is 0.461 e. The highest BCUT2D eigenvalue weighted by Crippen LogP contribution is 2.27. The number of likely N-dealkylation sites (tertiary alicyclic amines) is 1. The molecule has 4 heterocycles. The molecule has 4 rings (SSSR count). The summed E-state index contributed by atoms with van der Waals surface area (Å²) in [6.07, 6.45) is 4.16. The summed E-state index contributed by atoms with van der Waals surface area (Å²) in [6, 6.07) is 8.37. The number of halogens is 1. The molecule has 1 aliphatic heterocycles. The van der Waals surface area contributed by atoms with E-state index in [1.165, 1.54) is 17.7 Å². The van der Waals surface area contributed by atoms with Gasteiger partial charge in [-0.15, -0.1) is 40.4 Å². The molecule has 0 aromatic carbocycles. The highest BCUT2D eigenvalue weighted by atomic mass is 127. The fourth-order valence-electron chi connectivity index (χ4n) is 3.42. The number of nitrogens with zero attached hydrogens (tertiary/aromatic N) is 4. The van der Waals surface area contributed by atoms with E-state index in [2.05, 4.69) is 53.2 Å². The summed E-state index contributed by atoms with van der Waals surface area (Å²) < 4.78 is 5.32. The quantitative estimate of drug-likeness (QED) is 0.248. The number of aliphatic imine (C=N–C) groups is 1. The Balaban J connectivity index is 0.00000240. The minimum Gasteiger partial charge on any atom is -0.461 e. The van der Waals surface area contributed by atoms with Gasteiger partial charge in [-0.25, -0.2) is 4.98 Å². The van der Waals surface area contributed by atoms with Gasteiger partial charge < -0.3 is 15.1 Å². The average molecular weight is 527 g/mol. The average Bonchev–Trinajstić information content (AvgIpc) is 3.51. The topological polar surface area (TPSA) is 94.4 Å². The summed E-state index contributed by atoms with van der Waals surface area (Å²) in [4.78, 5) is 12.7. The van der Waals surface area contributed by atoms with E-state index in [-0.39, 0.29) is 24.0 Å². The molecule has 1 unspecified atom stereocenters. The van der Waals surface area contributed by atoms with Crippen molar-refractivity contribution in [2.24, 2.45) is 4.99 Å². The first-order valence-electron chi connectivity index (χ1n) is 9.50. The lowest BCUT2D eigenvalue weighted by atomic mass is 10.2. The summed E-state index contributed by atoms with van der Waals surface area (Å²) in [5.41, 5.74) is 0. The van der Waals surface area contributed by atoms with Gasteiger partial charge in [-0.2, -0.15) is 0 Å². The number of hydrogen-bond donors (Lipinski definition) is 3. The first-order valence-corrected chi connectivity index (χ1v) is 10.4. The number of nitrogens with one attached hydrogen (secondary N) is 3. The van der Waals surface area contributed by atoms with Crippen molar-refractivity contribution in [3.05, 3.63) is 46.6 Å². The molecule has 0 amide bonds. The van der Waals surface area contributed by atoms with Gasteiger partial charge in [-0.1, -0.05) is 6.07 Å². The summed E-state index contributed by atoms with van der Waals surface area (Å²) in [6.45, 7) is 3.63. The SMILES string of the molecule is CN=C(NCc1nc(-c2ccco2)n[nH]1)NCC(c1cccs1)N1CCCC1.I. The first-order chi connectivity index (χ1) is 13.8. The number of H-pyrrole nitrogens is 1. The Labute approximate surface area is 191 Å². The van der Waals surface area contributed by atoms with E-state index >= 15 is 0 Å². The third kappa shape index (κ3) is 5.58. The molecule has 0 spiro atoms. The molecule has 1 saturated heterocycles. The monoisotopic (exact) mass is 527 g/mol. The van der Waals surface area contributed by atoms with E-state index in [4.69, 9.17) is 4.42 Å². The molecule has 3 N–H and O–H groups in total. The summed E-state index contributed by atoms with van der Waals surface area (Å²) in [7, 11) is 1.78. The van der Waals surface area contributed by atoms with Crippen molar-refractivity contribution in [1.82, 2.24) is 30.7 Å². The standard InChI is InChI=1S/C19H25N7OS.HI/c1-20-19(22-13-17-23-18(25-24-17)15-6-4-10-27-15)21-12-14(16-7-5-11-28-16)26-8-2-3-9-26;/h4-7,10-11,14H,2-3,8-9,12-13H2,1H3,(H2,20,21,22)(H,23,24,25);1H. The highest BCUT2D eigenvalue weighted by molar-refractivity contribution is 14.0. The van der Waals surface area contributed by atoms with Crippen LogP contribution in [0.25, 0.3) is 11.6 Å². The van der Waals surface area contributed by atoms with Gasteiger partial charge in [-0.3, -0.25) is 15.0 Å². The second-order valence-corrected chi connectivity index (χ2v) is 7.64. The number of aromatic nitrogens is 3. The Morgan fingerprint density at radius 3 is 2.86 bits per heavy atom. The minimum absolute atomic E-state index is 0. The van der Waals surface area contributed by atoms with Crippen LogP contribution in [-0.2, 0) is 6.54 Å². The van der Waals surface area contributed by atoms with Crippen molar-refractivity contribution in [2.45, 2.75) is 25.4 Å². The van der Waals surface area contributed by atoms with Crippen LogP contribution in [0, 0.1) is 0 Å². The predicted molar refractivity (Wildman–Crippen MR) is 126 cm³/mol. The van der Waals surface area contributed by atoms with Gasteiger partial charge in [-0.05, 0) is 49.5 Å². The van der Waals surface area contributed by atoms with Crippen molar-refractivity contribution in [2.75, 3.05) is 26.7 Å². The molecular formula is C19H26IN7OS. The zero-order valence-electron chi connectivity index (χ0n) is 16.3. The molecule has 8 nitrogen and oxygen atoms in total. The fraction of sp³-hybridized carbons (Fsp3) is 0.421. The molecule has 3 aromatic rings. The Hall–Kier alpha value is -1.92. The molecule has 0 aliphatic carbocycles. The van der Waals surface area contributed by atoms with Crippen molar-refractivity contribution in [3.63, 3.8) is 0 Å². The molecule has 0 radical (unpaired) electrons. The number of furan rings is 1. The van der Waals surface area contributed by atoms with Crippen LogP contribution in [-0.4, -0.2) is 52.7 Å². The van der Waals surface area contributed by atoms with Crippen molar-refractivity contribution in [1.29, 1.82) is 0 Å². The zero-order valence-corrected chi connectivity index (χ0v) is 19.4. The predicted octanol–water partition coefficient (Wildman–Crippen LogP) is 3.25. The minimum atomic E-state index is 0. The smallest absolute Gasteiger partial charge is 0.216 e. The Bertz CT molecular complexity index is 872. The van der Waals surface area contributed by atoms with Crippen LogP contribution in [0.5, 0.6) is 0 Å². The van der Waals surface area contributed by atoms with E-state index in [9.17, 15) is 0 Å². The van der Waals surface area contributed by atoms with Gasteiger partial charge >= 0.3 is 0 Å². The van der Waals surface area contributed by atoms with Crippen LogP contribution < -0.4 is 10.6 Å².